The van der Waals surface area contributed by atoms with Crippen LogP contribution in [0.3, 0.4) is 0 Å². The highest BCUT2D eigenvalue weighted by Gasteiger charge is 2.49. The van der Waals surface area contributed by atoms with Crippen LogP contribution < -0.4 is 5.56 Å². The summed E-state index contributed by atoms with van der Waals surface area (Å²) in [5.74, 6) is 0. The number of fused-ring (bicyclic) bond motifs is 1. The molecule has 1 aliphatic rings. The molecule has 2 aromatic rings. The van der Waals surface area contributed by atoms with Crippen LogP contribution in [0.2, 0.25) is 0 Å². The van der Waals surface area contributed by atoms with Gasteiger partial charge in [0.1, 0.15) is 0 Å². The van der Waals surface area contributed by atoms with E-state index in [0.29, 0.717) is 6.42 Å². The summed E-state index contributed by atoms with van der Waals surface area (Å²) in [6.45, 7) is 4.03. The Labute approximate surface area is 103 Å². The van der Waals surface area contributed by atoms with E-state index in [2.05, 4.69) is 0 Å². The Morgan fingerprint density at radius 2 is 2.12 bits per heavy atom. The van der Waals surface area contributed by atoms with Crippen molar-refractivity contribution in [3.05, 3.63) is 34.6 Å². The second kappa shape index (κ2) is 3.43. The van der Waals surface area contributed by atoms with E-state index in [1.54, 1.807) is 0 Å². The number of aliphatic hydroxyl groups is 1. The number of benzene rings is 1. The monoisotopic (exact) mass is 249 g/mol. The smallest absolute Gasteiger partial charge is 0.268 e. The lowest BCUT2D eigenvalue weighted by Crippen LogP contribution is -2.51. The maximum atomic E-state index is 12.2. The molecule has 0 spiro atoms. The van der Waals surface area contributed by atoms with Crippen molar-refractivity contribution in [1.82, 2.24) is 3.96 Å². The minimum atomic E-state index is -0.301. The molecule has 1 heterocycles. The van der Waals surface area contributed by atoms with Crippen LogP contribution in [0.25, 0.3) is 10.1 Å². The number of nitrogens with zero attached hydrogens (tertiary/aromatic N) is 1. The average Bonchev–Trinajstić information content (AvgIpc) is 2.64. The summed E-state index contributed by atoms with van der Waals surface area (Å²) in [6, 6.07) is 7.81. The fourth-order valence-corrected chi connectivity index (χ4v) is 3.74. The first-order valence-corrected chi connectivity index (χ1v) is 6.58. The van der Waals surface area contributed by atoms with Crippen molar-refractivity contribution in [2.75, 3.05) is 0 Å². The third-order valence-corrected chi connectivity index (χ3v) is 5.13. The molecule has 1 saturated carbocycles. The molecule has 2 atom stereocenters. The molecule has 0 bridgehead atoms. The van der Waals surface area contributed by atoms with E-state index in [9.17, 15) is 9.90 Å². The second-order valence-electron chi connectivity index (χ2n) is 5.31. The minimum Gasteiger partial charge on any atom is -0.392 e. The topological polar surface area (TPSA) is 42.2 Å². The summed E-state index contributed by atoms with van der Waals surface area (Å²) in [7, 11) is 0. The summed E-state index contributed by atoms with van der Waals surface area (Å²) >= 11 is 1.51. The van der Waals surface area contributed by atoms with Gasteiger partial charge in [0.2, 0.25) is 0 Å². The van der Waals surface area contributed by atoms with Gasteiger partial charge in [-0.3, -0.25) is 8.75 Å². The van der Waals surface area contributed by atoms with Gasteiger partial charge in [0, 0.05) is 5.41 Å². The van der Waals surface area contributed by atoms with Crippen LogP contribution in [0.15, 0.2) is 29.1 Å². The fourth-order valence-electron chi connectivity index (χ4n) is 2.47. The number of aromatic nitrogens is 1. The Bertz CT molecular complexity index is 626. The second-order valence-corrected chi connectivity index (χ2v) is 6.32. The minimum absolute atomic E-state index is 0.0792. The van der Waals surface area contributed by atoms with Gasteiger partial charge in [-0.2, -0.15) is 0 Å². The number of hydrogen-bond acceptors (Lipinski definition) is 3. The van der Waals surface area contributed by atoms with Gasteiger partial charge in [-0.15, -0.1) is 0 Å². The summed E-state index contributed by atoms with van der Waals surface area (Å²) < 4.78 is 2.85. The predicted octanol–water partition coefficient (Wildman–Crippen LogP) is 2.39. The quantitative estimate of drug-likeness (QED) is 0.843. The van der Waals surface area contributed by atoms with Gasteiger partial charge in [-0.1, -0.05) is 37.5 Å². The average molecular weight is 249 g/mol. The molecular formula is C13H15NO2S. The van der Waals surface area contributed by atoms with Crippen molar-refractivity contribution < 1.29 is 5.11 Å². The van der Waals surface area contributed by atoms with Crippen molar-refractivity contribution in [1.29, 1.82) is 0 Å². The predicted molar refractivity (Wildman–Crippen MR) is 69.5 cm³/mol. The van der Waals surface area contributed by atoms with Crippen molar-refractivity contribution in [3.63, 3.8) is 0 Å². The first kappa shape index (κ1) is 11.0. The Kier molecular flexibility index (Phi) is 2.22. The van der Waals surface area contributed by atoms with Gasteiger partial charge in [-0.25, -0.2) is 0 Å². The molecule has 1 fully saturated rings. The molecule has 3 nitrogen and oxygen atoms in total. The number of aliphatic hydroxyl groups excluding tert-OH is 1. The lowest BCUT2D eigenvalue weighted by molar-refractivity contribution is -0.0863. The molecule has 17 heavy (non-hydrogen) atoms. The van der Waals surface area contributed by atoms with E-state index in [1.165, 1.54) is 11.5 Å². The van der Waals surface area contributed by atoms with Crippen LogP contribution in [0.4, 0.5) is 0 Å². The lowest BCUT2D eigenvalue weighted by Gasteiger charge is -2.48. The van der Waals surface area contributed by atoms with Crippen LogP contribution >= 0.6 is 11.5 Å². The van der Waals surface area contributed by atoms with Crippen LogP contribution in [-0.4, -0.2) is 15.2 Å². The van der Waals surface area contributed by atoms with Gasteiger partial charge in [-0.05, 0) is 18.6 Å². The van der Waals surface area contributed by atoms with Crippen LogP contribution in [0.5, 0.6) is 0 Å². The molecule has 0 amide bonds. The molecule has 90 valence electrons. The standard InChI is InChI=1S/C13H15NO2S/c1-13(2)10(7-11(13)15)14-12(16)8-5-3-4-6-9(8)17-14/h3-6,10-11,15H,7H2,1-2H3. The Morgan fingerprint density at radius 3 is 2.71 bits per heavy atom. The Balaban J connectivity index is 2.14. The van der Waals surface area contributed by atoms with Gasteiger partial charge < -0.3 is 5.11 Å². The molecule has 1 aliphatic carbocycles. The van der Waals surface area contributed by atoms with Gasteiger partial charge in [0.25, 0.3) is 5.56 Å². The highest BCUT2D eigenvalue weighted by molar-refractivity contribution is 7.13. The maximum absolute atomic E-state index is 12.2. The molecule has 0 saturated heterocycles. The fraction of sp³-hybridized carbons (Fsp3) is 0.462. The van der Waals surface area contributed by atoms with E-state index in [4.69, 9.17) is 0 Å². The number of hydrogen-bond donors (Lipinski definition) is 1. The third-order valence-electron chi connectivity index (χ3n) is 3.96. The summed E-state index contributed by atoms with van der Waals surface area (Å²) in [5.41, 5.74) is -0.124. The molecule has 1 aromatic carbocycles. The largest absolute Gasteiger partial charge is 0.392 e. The van der Waals surface area contributed by atoms with Gasteiger partial charge in [0.15, 0.2) is 0 Å². The highest BCUT2D eigenvalue weighted by Crippen LogP contribution is 2.49. The Morgan fingerprint density at radius 1 is 1.41 bits per heavy atom. The molecule has 4 heteroatoms. The normalized spacial score (nSPS) is 27.0. The van der Waals surface area contributed by atoms with Crippen molar-refractivity contribution in [2.45, 2.75) is 32.4 Å². The lowest BCUT2D eigenvalue weighted by atomic mass is 9.65. The first-order valence-electron chi connectivity index (χ1n) is 5.80. The van der Waals surface area contributed by atoms with Gasteiger partial charge >= 0.3 is 0 Å². The van der Waals surface area contributed by atoms with Crippen LogP contribution in [0, 0.1) is 5.41 Å². The zero-order valence-electron chi connectivity index (χ0n) is 9.88. The van der Waals surface area contributed by atoms with E-state index < -0.39 is 0 Å². The van der Waals surface area contributed by atoms with E-state index in [0.717, 1.165) is 10.1 Å². The molecule has 3 rings (SSSR count). The van der Waals surface area contributed by atoms with Crippen molar-refractivity contribution >= 4 is 21.6 Å². The third kappa shape index (κ3) is 1.40. The first-order chi connectivity index (χ1) is 8.01. The van der Waals surface area contributed by atoms with Crippen molar-refractivity contribution in [3.8, 4) is 0 Å². The summed E-state index contributed by atoms with van der Waals surface area (Å²) in [4.78, 5) is 12.2. The zero-order chi connectivity index (χ0) is 12.2. The SMILES string of the molecule is CC1(C)C(O)CC1n1sc2ccccc2c1=O. The molecular weight excluding hydrogens is 234 g/mol. The van der Waals surface area contributed by atoms with E-state index >= 15 is 0 Å². The molecule has 1 N–H and O–H groups in total. The van der Waals surface area contributed by atoms with E-state index in [-0.39, 0.29) is 23.1 Å². The Hall–Kier alpha value is -1.13. The van der Waals surface area contributed by atoms with Gasteiger partial charge in [0.05, 0.1) is 22.2 Å². The molecule has 1 aromatic heterocycles. The molecule has 0 radical (unpaired) electrons. The van der Waals surface area contributed by atoms with Crippen LogP contribution in [0.1, 0.15) is 26.3 Å². The molecule has 2 unspecified atom stereocenters. The number of rotatable bonds is 1. The van der Waals surface area contributed by atoms with Crippen molar-refractivity contribution in [2.24, 2.45) is 5.41 Å². The maximum Gasteiger partial charge on any atom is 0.268 e. The van der Waals surface area contributed by atoms with Crippen LogP contribution in [-0.2, 0) is 0 Å². The zero-order valence-corrected chi connectivity index (χ0v) is 10.7. The highest BCUT2D eigenvalue weighted by atomic mass is 32.1. The summed E-state index contributed by atoms with van der Waals surface area (Å²) in [6.07, 6.45) is 0.379. The summed E-state index contributed by atoms with van der Waals surface area (Å²) in [5, 5.41) is 10.5. The van der Waals surface area contributed by atoms with E-state index in [1.807, 2.05) is 42.1 Å². The molecule has 0 aliphatic heterocycles.